The lowest BCUT2D eigenvalue weighted by Gasteiger charge is -2.24. The number of hydrogen-bond acceptors (Lipinski definition) is 6. The number of pyridine rings is 1. The molecule has 0 fully saturated rings. The first-order valence-corrected chi connectivity index (χ1v) is 10.2. The lowest BCUT2D eigenvalue weighted by molar-refractivity contribution is 0.464. The maximum absolute atomic E-state index is 6.48. The first-order chi connectivity index (χ1) is 15.1. The molecule has 4 aromatic rings. The molecule has 2 aromatic carbocycles. The van der Waals surface area contributed by atoms with Crippen molar-refractivity contribution >= 4 is 17.3 Å². The van der Waals surface area contributed by atoms with E-state index in [0.717, 1.165) is 11.4 Å². The second-order valence-electron chi connectivity index (χ2n) is 7.50. The summed E-state index contributed by atoms with van der Waals surface area (Å²) < 4.78 is 6.00. The topological polar surface area (TPSA) is 77.2 Å². The minimum atomic E-state index is 0.316. The van der Waals surface area contributed by atoms with Gasteiger partial charge in [0, 0.05) is 6.20 Å². The van der Waals surface area contributed by atoms with Crippen molar-refractivity contribution in [3.05, 3.63) is 96.4 Å². The molecule has 4 rings (SSSR count). The number of nitrogen functional groups attached to an aromatic ring is 1. The standard InChI is InChI=1S/C25H25N5O/c1-18(2)20-11-13-21(14-12-20)31-25-23(26)24(28-17-29-25)30(22-10-6-7-15-27-22)16-19-8-4-3-5-9-19/h3-15,17-18H,16,26H2,1-2H3. The summed E-state index contributed by atoms with van der Waals surface area (Å²) in [7, 11) is 0. The number of nitrogens with two attached hydrogens (primary N) is 1. The summed E-state index contributed by atoms with van der Waals surface area (Å²) in [6, 6.07) is 23.8. The van der Waals surface area contributed by atoms with Gasteiger partial charge in [0.05, 0.1) is 6.54 Å². The summed E-state index contributed by atoms with van der Waals surface area (Å²) in [5.74, 6) is 2.73. The van der Waals surface area contributed by atoms with Crippen LogP contribution in [0.2, 0.25) is 0 Å². The van der Waals surface area contributed by atoms with Crippen LogP contribution >= 0.6 is 0 Å². The summed E-state index contributed by atoms with van der Waals surface area (Å²) in [6.45, 7) is 4.87. The highest BCUT2D eigenvalue weighted by Crippen LogP contribution is 2.35. The molecule has 0 unspecified atom stereocenters. The van der Waals surface area contributed by atoms with E-state index in [1.165, 1.54) is 11.9 Å². The van der Waals surface area contributed by atoms with Gasteiger partial charge in [0.25, 0.3) is 0 Å². The highest BCUT2D eigenvalue weighted by atomic mass is 16.5. The Balaban J connectivity index is 1.67. The van der Waals surface area contributed by atoms with Crippen LogP contribution in [0.4, 0.5) is 17.3 Å². The summed E-state index contributed by atoms with van der Waals surface area (Å²) in [5.41, 5.74) is 9.19. The summed E-state index contributed by atoms with van der Waals surface area (Å²) in [4.78, 5) is 15.2. The SMILES string of the molecule is CC(C)c1ccc(Oc2ncnc(N(Cc3ccccc3)c3ccccn3)c2N)cc1. The van der Waals surface area contributed by atoms with Gasteiger partial charge >= 0.3 is 0 Å². The van der Waals surface area contributed by atoms with Gasteiger partial charge in [-0.15, -0.1) is 0 Å². The normalized spacial score (nSPS) is 10.8. The summed E-state index contributed by atoms with van der Waals surface area (Å²) >= 11 is 0. The minimum Gasteiger partial charge on any atom is -0.437 e. The molecule has 0 saturated heterocycles. The molecule has 0 spiro atoms. The third-order valence-electron chi connectivity index (χ3n) is 4.95. The van der Waals surface area contributed by atoms with Gasteiger partial charge < -0.3 is 15.4 Å². The molecule has 0 saturated carbocycles. The number of aromatic nitrogens is 3. The lowest BCUT2D eigenvalue weighted by atomic mass is 10.0. The number of ether oxygens (including phenoxy) is 1. The third-order valence-corrected chi connectivity index (χ3v) is 4.95. The number of anilines is 3. The fourth-order valence-corrected chi connectivity index (χ4v) is 3.24. The maximum atomic E-state index is 6.48. The van der Waals surface area contributed by atoms with Crippen molar-refractivity contribution < 1.29 is 4.74 Å². The summed E-state index contributed by atoms with van der Waals surface area (Å²) in [6.07, 6.45) is 3.21. The molecular weight excluding hydrogens is 386 g/mol. The average molecular weight is 412 g/mol. The predicted molar refractivity (Wildman–Crippen MR) is 124 cm³/mol. The smallest absolute Gasteiger partial charge is 0.248 e. The van der Waals surface area contributed by atoms with Crippen molar-refractivity contribution in [1.82, 2.24) is 15.0 Å². The van der Waals surface area contributed by atoms with E-state index >= 15 is 0 Å². The van der Waals surface area contributed by atoms with Crippen LogP contribution in [0.1, 0.15) is 30.9 Å². The Labute approximate surface area is 182 Å². The zero-order valence-electron chi connectivity index (χ0n) is 17.6. The molecular formula is C25H25N5O. The second kappa shape index (κ2) is 9.26. The number of hydrogen-bond donors (Lipinski definition) is 1. The molecule has 2 heterocycles. The Morgan fingerprint density at radius 1 is 0.871 bits per heavy atom. The molecule has 0 atom stereocenters. The van der Waals surface area contributed by atoms with E-state index in [-0.39, 0.29) is 0 Å². The molecule has 6 nitrogen and oxygen atoms in total. The highest BCUT2D eigenvalue weighted by molar-refractivity contribution is 5.73. The maximum Gasteiger partial charge on any atom is 0.248 e. The van der Waals surface area contributed by atoms with Crippen molar-refractivity contribution in [2.75, 3.05) is 10.6 Å². The Morgan fingerprint density at radius 2 is 1.61 bits per heavy atom. The summed E-state index contributed by atoms with van der Waals surface area (Å²) in [5, 5.41) is 0. The monoisotopic (exact) mass is 411 g/mol. The zero-order chi connectivity index (χ0) is 21.6. The van der Waals surface area contributed by atoms with Gasteiger partial charge in [-0.2, -0.15) is 4.98 Å². The van der Waals surface area contributed by atoms with Crippen LogP contribution in [0.5, 0.6) is 11.6 Å². The predicted octanol–water partition coefficient (Wildman–Crippen LogP) is 5.71. The highest BCUT2D eigenvalue weighted by Gasteiger charge is 2.19. The molecule has 2 N–H and O–H groups in total. The Bertz CT molecular complexity index is 1120. The second-order valence-corrected chi connectivity index (χ2v) is 7.50. The number of nitrogens with zero attached hydrogens (tertiary/aromatic N) is 4. The van der Waals surface area contributed by atoms with E-state index in [9.17, 15) is 0 Å². The fraction of sp³-hybridized carbons (Fsp3) is 0.160. The Morgan fingerprint density at radius 3 is 2.29 bits per heavy atom. The molecule has 156 valence electrons. The minimum absolute atomic E-state index is 0.316. The van der Waals surface area contributed by atoms with Crippen LogP contribution in [0.25, 0.3) is 0 Å². The molecule has 0 aliphatic heterocycles. The van der Waals surface area contributed by atoms with E-state index in [1.807, 2.05) is 65.6 Å². The fourth-order valence-electron chi connectivity index (χ4n) is 3.24. The van der Waals surface area contributed by atoms with Crippen molar-refractivity contribution in [3.8, 4) is 11.6 Å². The molecule has 0 radical (unpaired) electrons. The zero-order valence-corrected chi connectivity index (χ0v) is 17.6. The van der Waals surface area contributed by atoms with E-state index in [2.05, 4.69) is 40.9 Å². The Kier molecular flexibility index (Phi) is 6.08. The van der Waals surface area contributed by atoms with Gasteiger partial charge in [0.15, 0.2) is 5.82 Å². The molecule has 0 aliphatic carbocycles. The van der Waals surface area contributed by atoms with E-state index in [0.29, 0.717) is 35.6 Å². The van der Waals surface area contributed by atoms with Gasteiger partial charge in [-0.25, -0.2) is 9.97 Å². The molecule has 6 heteroatoms. The van der Waals surface area contributed by atoms with Crippen LogP contribution in [0.3, 0.4) is 0 Å². The van der Waals surface area contributed by atoms with Crippen LogP contribution < -0.4 is 15.4 Å². The number of rotatable bonds is 7. The first kappa shape index (κ1) is 20.3. The van der Waals surface area contributed by atoms with Gasteiger partial charge in [0.2, 0.25) is 5.88 Å². The molecule has 2 aromatic heterocycles. The largest absolute Gasteiger partial charge is 0.437 e. The lowest BCUT2D eigenvalue weighted by Crippen LogP contribution is -2.20. The van der Waals surface area contributed by atoms with Crippen LogP contribution in [0.15, 0.2) is 85.3 Å². The van der Waals surface area contributed by atoms with Crippen LogP contribution in [-0.4, -0.2) is 15.0 Å². The van der Waals surface area contributed by atoms with Gasteiger partial charge in [-0.1, -0.05) is 62.4 Å². The molecule has 0 bridgehead atoms. The van der Waals surface area contributed by atoms with E-state index in [1.54, 1.807) is 6.20 Å². The Hall–Kier alpha value is -3.93. The van der Waals surface area contributed by atoms with Gasteiger partial charge in [-0.05, 0) is 41.3 Å². The van der Waals surface area contributed by atoms with Gasteiger partial charge in [-0.3, -0.25) is 0 Å². The van der Waals surface area contributed by atoms with E-state index < -0.39 is 0 Å². The van der Waals surface area contributed by atoms with Crippen LogP contribution in [-0.2, 0) is 6.54 Å². The van der Waals surface area contributed by atoms with E-state index in [4.69, 9.17) is 10.5 Å². The van der Waals surface area contributed by atoms with Crippen molar-refractivity contribution in [3.63, 3.8) is 0 Å². The first-order valence-electron chi connectivity index (χ1n) is 10.2. The quantitative estimate of drug-likeness (QED) is 0.420. The molecule has 0 amide bonds. The van der Waals surface area contributed by atoms with Gasteiger partial charge in [0.1, 0.15) is 23.6 Å². The third kappa shape index (κ3) is 4.80. The molecule has 31 heavy (non-hydrogen) atoms. The van der Waals surface area contributed by atoms with Crippen molar-refractivity contribution in [2.24, 2.45) is 0 Å². The average Bonchev–Trinajstić information content (AvgIpc) is 2.81. The van der Waals surface area contributed by atoms with Crippen molar-refractivity contribution in [2.45, 2.75) is 26.3 Å². The van der Waals surface area contributed by atoms with Crippen LogP contribution in [0, 0.1) is 0 Å². The van der Waals surface area contributed by atoms with Crippen molar-refractivity contribution in [1.29, 1.82) is 0 Å². The number of benzene rings is 2. The molecule has 0 aliphatic rings.